The molecule has 0 saturated heterocycles. The second kappa shape index (κ2) is 5.40. The van der Waals surface area contributed by atoms with Crippen molar-refractivity contribution < 1.29 is 12.3 Å². The predicted octanol–water partition coefficient (Wildman–Crippen LogP) is 5.10. The van der Waals surface area contributed by atoms with Gasteiger partial charge in [0.15, 0.2) is 0 Å². The topological polar surface area (TPSA) is 12.0 Å². The molecule has 92 valence electrons. The van der Waals surface area contributed by atoms with Crippen molar-refractivity contribution in [2.45, 2.75) is 0 Å². The highest BCUT2D eigenvalue weighted by Gasteiger charge is 1.97. The number of hydrogen-bond donors (Lipinski definition) is 1. The lowest BCUT2D eigenvalue weighted by Gasteiger charge is -2.07. The summed E-state index contributed by atoms with van der Waals surface area (Å²) in [5, 5.41) is 2.85. The van der Waals surface area contributed by atoms with Crippen LogP contribution in [0.1, 0.15) is 12.3 Å². The third-order valence-corrected chi connectivity index (χ3v) is 2.42. The first kappa shape index (κ1) is 5.22. The summed E-state index contributed by atoms with van der Waals surface area (Å²) < 4.78 is 72.5. The van der Waals surface area contributed by atoms with Gasteiger partial charge in [-0.15, -0.1) is 0 Å². The number of hydrogen-bond acceptors (Lipinski definition) is 1. The normalized spacial score (nSPS) is 16.7. The Balaban J connectivity index is 2.29. The zero-order chi connectivity index (χ0) is 20.7. The zero-order valence-corrected chi connectivity index (χ0v) is 9.89. The van der Waals surface area contributed by atoms with Crippen molar-refractivity contribution in [2.24, 2.45) is 0 Å². The van der Waals surface area contributed by atoms with Gasteiger partial charge in [-0.25, -0.2) is 0 Å². The molecular formula is C18H15N. The summed E-state index contributed by atoms with van der Waals surface area (Å²) >= 11 is 0. The lowest BCUT2D eigenvalue weighted by atomic mass is 10.1. The molecule has 0 aliphatic heterocycles. The molecule has 0 saturated carbocycles. The minimum absolute atomic E-state index is 0.0580. The first-order valence-corrected chi connectivity index (χ1v) is 5.66. The van der Waals surface area contributed by atoms with Gasteiger partial charge >= 0.3 is 0 Å². The van der Waals surface area contributed by atoms with Crippen molar-refractivity contribution in [3.63, 3.8) is 0 Å². The molecule has 0 bridgehead atoms. The van der Waals surface area contributed by atoms with E-state index in [1.165, 1.54) is 0 Å². The number of para-hydroxylation sites is 1. The van der Waals surface area contributed by atoms with Crippen LogP contribution in [0.2, 0.25) is 0 Å². The van der Waals surface area contributed by atoms with Crippen LogP contribution in [0.3, 0.4) is 0 Å². The molecule has 0 fully saturated rings. The smallest absolute Gasteiger partial charge is 0.0645 e. The molecule has 0 unspecified atom stereocenters. The van der Waals surface area contributed by atoms with Crippen LogP contribution in [0, 0.1) is 0 Å². The van der Waals surface area contributed by atoms with Crippen LogP contribution in [0.25, 0.3) is 11.1 Å². The summed E-state index contributed by atoms with van der Waals surface area (Å²) in [6.45, 7) is 0. The van der Waals surface area contributed by atoms with E-state index in [-0.39, 0.29) is 16.8 Å². The van der Waals surface area contributed by atoms with Crippen molar-refractivity contribution in [1.29, 1.82) is 0 Å². The average molecular weight is 254 g/mol. The Hall–Kier alpha value is -2.54. The van der Waals surface area contributed by atoms with Gasteiger partial charge in [-0.05, 0) is 35.3 Å². The number of anilines is 2. The minimum atomic E-state index is -0.598. The van der Waals surface area contributed by atoms with Crippen molar-refractivity contribution in [2.75, 3.05) is 5.32 Å². The minimum Gasteiger partial charge on any atom is -0.356 e. The maximum atomic E-state index is 8.30. The Bertz CT molecular complexity index is 1020. The molecule has 1 nitrogen and oxygen atoms in total. The van der Waals surface area contributed by atoms with Gasteiger partial charge in [-0.3, -0.25) is 0 Å². The number of nitrogens with one attached hydrogen (secondary N) is 1. The molecule has 0 heterocycles. The maximum absolute atomic E-state index is 8.30. The maximum Gasteiger partial charge on any atom is 0.0645 e. The molecule has 3 rings (SSSR count). The first-order chi connectivity index (χ1) is 13.2. The monoisotopic (exact) mass is 254 g/mol. The molecule has 3 aromatic carbocycles. The summed E-state index contributed by atoms with van der Waals surface area (Å²) in [7, 11) is 0. The summed E-state index contributed by atoms with van der Waals surface area (Å²) in [6, 6.07) is 4.00. The van der Waals surface area contributed by atoms with E-state index in [2.05, 4.69) is 5.32 Å². The van der Waals surface area contributed by atoms with E-state index in [1.807, 2.05) is 0 Å². The van der Waals surface area contributed by atoms with Crippen molar-refractivity contribution >= 4 is 11.4 Å². The lowest BCUT2D eigenvalue weighted by molar-refractivity contribution is 1.54. The highest BCUT2D eigenvalue weighted by atomic mass is 14.9. The van der Waals surface area contributed by atoms with Crippen LogP contribution in [-0.2, 0) is 0 Å². The molecule has 0 aliphatic rings. The third-order valence-electron chi connectivity index (χ3n) is 2.42. The Labute approximate surface area is 126 Å². The van der Waals surface area contributed by atoms with Gasteiger partial charge in [0.25, 0.3) is 0 Å². The van der Waals surface area contributed by atoms with E-state index in [0.29, 0.717) is 5.69 Å². The fourth-order valence-electron chi connectivity index (χ4n) is 1.54. The summed E-state index contributed by atoms with van der Waals surface area (Å²) in [4.78, 5) is 0. The van der Waals surface area contributed by atoms with E-state index in [9.17, 15) is 0 Å². The van der Waals surface area contributed by atoms with Gasteiger partial charge in [-0.1, -0.05) is 60.5 Å². The Kier molecular flexibility index (Phi) is 1.48. The molecule has 0 amide bonds. The Morgan fingerprint density at radius 1 is 0.632 bits per heavy atom. The van der Waals surface area contributed by atoms with Crippen molar-refractivity contribution in [3.05, 3.63) is 84.7 Å². The summed E-state index contributed by atoms with van der Waals surface area (Å²) in [5.74, 6) is 0. The highest BCUT2D eigenvalue weighted by molar-refractivity contribution is 5.68. The Morgan fingerprint density at radius 2 is 1.26 bits per heavy atom. The average Bonchev–Trinajstić information content (AvgIpc) is 2.70. The quantitative estimate of drug-likeness (QED) is 0.686. The van der Waals surface area contributed by atoms with Crippen LogP contribution < -0.4 is 5.32 Å². The second-order valence-corrected chi connectivity index (χ2v) is 3.74. The number of rotatable bonds is 3. The van der Waals surface area contributed by atoms with E-state index < -0.39 is 54.4 Å². The molecule has 0 spiro atoms. The second-order valence-electron chi connectivity index (χ2n) is 3.74. The highest BCUT2D eigenvalue weighted by Crippen LogP contribution is 2.22. The largest absolute Gasteiger partial charge is 0.356 e. The van der Waals surface area contributed by atoms with Gasteiger partial charge in [0.1, 0.15) is 0 Å². The Morgan fingerprint density at radius 3 is 1.95 bits per heavy atom. The van der Waals surface area contributed by atoms with Crippen LogP contribution in [0.15, 0.2) is 84.7 Å². The van der Waals surface area contributed by atoms with E-state index >= 15 is 0 Å². The van der Waals surface area contributed by atoms with Crippen molar-refractivity contribution in [3.8, 4) is 11.1 Å². The SMILES string of the molecule is [2H]c1c([2H])c([2H])c(-c2c([2H])c([2H])c(Nc3ccccc3)c([2H])c2[2H])c([2H])c1[2H]. The molecular weight excluding hydrogens is 230 g/mol. The third kappa shape index (κ3) is 2.83. The van der Waals surface area contributed by atoms with Crippen LogP contribution in [0.5, 0.6) is 0 Å². The van der Waals surface area contributed by atoms with Crippen molar-refractivity contribution in [1.82, 2.24) is 0 Å². The summed E-state index contributed by atoms with van der Waals surface area (Å²) in [6.07, 6.45) is 0. The standard InChI is InChI=1S/C18H15N/c1-3-7-15(8-4-1)16-11-13-18(14-12-16)19-17-9-5-2-6-10-17/h1-14,19H/i1D,3D,4D,7D,8D,11D,12D,13D,14D. The molecule has 0 aromatic heterocycles. The lowest BCUT2D eigenvalue weighted by Crippen LogP contribution is -1.89. The van der Waals surface area contributed by atoms with E-state index in [4.69, 9.17) is 12.3 Å². The molecule has 19 heavy (non-hydrogen) atoms. The van der Waals surface area contributed by atoms with Gasteiger partial charge in [0, 0.05) is 11.4 Å². The zero-order valence-electron chi connectivity index (χ0n) is 18.9. The van der Waals surface area contributed by atoms with Crippen LogP contribution in [0.4, 0.5) is 11.4 Å². The fourth-order valence-corrected chi connectivity index (χ4v) is 1.54. The first-order valence-electron chi connectivity index (χ1n) is 10.2. The molecule has 0 radical (unpaired) electrons. The van der Waals surface area contributed by atoms with Gasteiger partial charge in [0.2, 0.25) is 0 Å². The summed E-state index contributed by atoms with van der Waals surface area (Å²) in [5.41, 5.74) is -0.170. The fraction of sp³-hybridized carbons (Fsp3) is 0. The van der Waals surface area contributed by atoms with Crippen LogP contribution >= 0.6 is 0 Å². The van der Waals surface area contributed by atoms with Gasteiger partial charge < -0.3 is 5.32 Å². The number of benzene rings is 3. The van der Waals surface area contributed by atoms with Crippen LogP contribution in [-0.4, -0.2) is 0 Å². The molecule has 1 N–H and O–H groups in total. The molecule has 1 heteroatoms. The van der Waals surface area contributed by atoms with Gasteiger partial charge in [0.05, 0.1) is 12.3 Å². The molecule has 0 aliphatic carbocycles. The van der Waals surface area contributed by atoms with E-state index in [1.54, 1.807) is 30.3 Å². The van der Waals surface area contributed by atoms with E-state index in [0.717, 1.165) is 0 Å². The van der Waals surface area contributed by atoms with Gasteiger partial charge in [-0.2, -0.15) is 0 Å². The predicted molar refractivity (Wildman–Crippen MR) is 81.6 cm³/mol. The molecule has 3 aromatic rings. The molecule has 0 atom stereocenters.